The molecule has 0 saturated carbocycles. The molecule has 0 unspecified atom stereocenters. The summed E-state index contributed by atoms with van der Waals surface area (Å²) >= 11 is 5.91. The molecule has 0 radical (unpaired) electrons. The monoisotopic (exact) mass is 251 g/mol. The van der Waals surface area contributed by atoms with Crippen LogP contribution in [0.2, 0.25) is 5.02 Å². The van der Waals surface area contributed by atoms with E-state index in [0.717, 1.165) is 11.4 Å². The zero-order valence-corrected chi connectivity index (χ0v) is 9.92. The van der Waals surface area contributed by atoms with Gasteiger partial charge in [-0.25, -0.2) is 4.39 Å². The van der Waals surface area contributed by atoms with Crippen LogP contribution in [0.15, 0.2) is 36.7 Å². The fourth-order valence-corrected chi connectivity index (χ4v) is 1.61. The van der Waals surface area contributed by atoms with Gasteiger partial charge in [-0.2, -0.15) is 0 Å². The Morgan fingerprint density at radius 3 is 2.65 bits per heavy atom. The van der Waals surface area contributed by atoms with Gasteiger partial charge in [-0.15, -0.1) is 0 Å². The van der Waals surface area contributed by atoms with Crippen molar-refractivity contribution >= 4 is 28.7 Å². The Morgan fingerprint density at radius 2 is 1.94 bits per heavy atom. The molecule has 0 bridgehead atoms. The molecule has 1 heterocycles. The number of halogens is 2. The van der Waals surface area contributed by atoms with E-state index in [2.05, 4.69) is 15.6 Å². The first kappa shape index (κ1) is 11.7. The quantitative estimate of drug-likeness (QED) is 0.874. The molecule has 0 spiro atoms. The Balaban J connectivity index is 2.25. The molecule has 1 aromatic carbocycles. The molecule has 5 heteroatoms. The highest BCUT2D eigenvalue weighted by molar-refractivity contribution is 6.33. The lowest BCUT2D eigenvalue weighted by Gasteiger charge is -2.09. The molecule has 2 N–H and O–H groups in total. The van der Waals surface area contributed by atoms with Gasteiger partial charge in [0.15, 0.2) is 0 Å². The average Bonchev–Trinajstić information content (AvgIpc) is 2.33. The Bertz CT molecular complexity index is 531. The summed E-state index contributed by atoms with van der Waals surface area (Å²) in [6.45, 7) is 0. The van der Waals surface area contributed by atoms with E-state index >= 15 is 0 Å². The lowest BCUT2D eigenvalue weighted by atomic mass is 10.3. The molecule has 17 heavy (non-hydrogen) atoms. The van der Waals surface area contributed by atoms with Crippen molar-refractivity contribution in [3.8, 4) is 0 Å². The van der Waals surface area contributed by atoms with Crippen LogP contribution in [0.1, 0.15) is 0 Å². The second-order valence-electron chi connectivity index (χ2n) is 3.46. The standard InChI is InChI=1S/C12H11ClFN3/c1-15-9-5-10(7-16-6-9)17-12-3-2-8(14)4-11(12)13/h2-7,15,17H,1H3. The maximum atomic E-state index is 12.9. The van der Waals surface area contributed by atoms with Crippen LogP contribution in [-0.2, 0) is 0 Å². The minimum absolute atomic E-state index is 0.333. The van der Waals surface area contributed by atoms with Crippen molar-refractivity contribution in [3.05, 3.63) is 47.5 Å². The molecule has 3 nitrogen and oxygen atoms in total. The lowest BCUT2D eigenvalue weighted by Crippen LogP contribution is -1.95. The van der Waals surface area contributed by atoms with Gasteiger partial charge in [0.05, 0.1) is 34.5 Å². The average molecular weight is 252 g/mol. The number of pyridine rings is 1. The molecule has 0 amide bonds. The normalized spacial score (nSPS) is 10.1. The molecule has 0 aliphatic heterocycles. The summed E-state index contributed by atoms with van der Waals surface area (Å²) in [5, 5.41) is 6.39. The van der Waals surface area contributed by atoms with Crippen molar-refractivity contribution in [2.24, 2.45) is 0 Å². The largest absolute Gasteiger partial charge is 0.387 e. The van der Waals surface area contributed by atoms with E-state index in [1.165, 1.54) is 12.1 Å². The van der Waals surface area contributed by atoms with Gasteiger partial charge < -0.3 is 10.6 Å². The third kappa shape index (κ3) is 2.85. The van der Waals surface area contributed by atoms with Crippen molar-refractivity contribution < 1.29 is 4.39 Å². The number of aromatic nitrogens is 1. The molecule has 2 aromatic rings. The van der Waals surface area contributed by atoms with E-state index in [9.17, 15) is 4.39 Å². The molecule has 0 aliphatic carbocycles. The number of rotatable bonds is 3. The molecule has 0 fully saturated rings. The van der Waals surface area contributed by atoms with E-state index in [1.807, 2.05) is 13.1 Å². The predicted molar refractivity (Wildman–Crippen MR) is 68.5 cm³/mol. The minimum atomic E-state index is -0.359. The van der Waals surface area contributed by atoms with E-state index in [4.69, 9.17) is 11.6 Å². The molecule has 0 aliphatic rings. The number of anilines is 3. The SMILES string of the molecule is CNc1cncc(Nc2ccc(F)cc2Cl)c1. The first-order chi connectivity index (χ1) is 8.19. The molecule has 0 atom stereocenters. The van der Waals surface area contributed by atoms with Crippen LogP contribution in [0, 0.1) is 5.82 Å². The zero-order valence-electron chi connectivity index (χ0n) is 9.17. The Labute approximate surface area is 104 Å². The highest BCUT2D eigenvalue weighted by atomic mass is 35.5. The summed E-state index contributed by atoms with van der Waals surface area (Å²) in [6.07, 6.45) is 3.37. The number of nitrogens with one attached hydrogen (secondary N) is 2. The maximum absolute atomic E-state index is 12.9. The van der Waals surface area contributed by atoms with Gasteiger partial charge in [-0.05, 0) is 24.3 Å². The maximum Gasteiger partial charge on any atom is 0.124 e. The smallest absolute Gasteiger partial charge is 0.124 e. The number of hydrogen-bond donors (Lipinski definition) is 2. The second-order valence-corrected chi connectivity index (χ2v) is 3.87. The molecule has 88 valence electrons. The Hall–Kier alpha value is -1.81. The van der Waals surface area contributed by atoms with Crippen LogP contribution in [-0.4, -0.2) is 12.0 Å². The topological polar surface area (TPSA) is 37.0 Å². The lowest BCUT2D eigenvalue weighted by molar-refractivity contribution is 0.628. The van der Waals surface area contributed by atoms with Crippen LogP contribution < -0.4 is 10.6 Å². The highest BCUT2D eigenvalue weighted by Crippen LogP contribution is 2.26. The van der Waals surface area contributed by atoms with Crippen molar-refractivity contribution in [2.75, 3.05) is 17.7 Å². The third-order valence-electron chi connectivity index (χ3n) is 2.24. The minimum Gasteiger partial charge on any atom is -0.387 e. The zero-order chi connectivity index (χ0) is 12.3. The van der Waals surface area contributed by atoms with Gasteiger partial charge in [0.2, 0.25) is 0 Å². The number of hydrogen-bond acceptors (Lipinski definition) is 3. The van der Waals surface area contributed by atoms with Gasteiger partial charge >= 0.3 is 0 Å². The summed E-state index contributed by atoms with van der Waals surface area (Å²) in [5.41, 5.74) is 2.31. The first-order valence-corrected chi connectivity index (χ1v) is 5.42. The fraction of sp³-hybridized carbons (Fsp3) is 0.0833. The summed E-state index contributed by atoms with van der Waals surface area (Å²) < 4.78 is 12.9. The van der Waals surface area contributed by atoms with Gasteiger partial charge in [-0.1, -0.05) is 11.6 Å². The Kier molecular flexibility index (Phi) is 3.44. The number of benzene rings is 1. The summed E-state index contributed by atoms with van der Waals surface area (Å²) in [4.78, 5) is 4.06. The summed E-state index contributed by atoms with van der Waals surface area (Å²) in [5.74, 6) is -0.359. The number of nitrogens with zero attached hydrogens (tertiary/aromatic N) is 1. The summed E-state index contributed by atoms with van der Waals surface area (Å²) in [6, 6.07) is 6.08. The van der Waals surface area contributed by atoms with Crippen molar-refractivity contribution in [2.45, 2.75) is 0 Å². The predicted octanol–water partition coefficient (Wildman–Crippen LogP) is 3.66. The molecule has 0 saturated heterocycles. The van der Waals surface area contributed by atoms with Crippen molar-refractivity contribution in [1.29, 1.82) is 0 Å². The van der Waals surface area contributed by atoms with Crippen LogP contribution in [0.3, 0.4) is 0 Å². The van der Waals surface area contributed by atoms with Crippen molar-refractivity contribution in [1.82, 2.24) is 4.98 Å². The van der Waals surface area contributed by atoms with Crippen LogP contribution in [0.25, 0.3) is 0 Å². The van der Waals surface area contributed by atoms with Crippen molar-refractivity contribution in [3.63, 3.8) is 0 Å². The van der Waals surface area contributed by atoms with Gasteiger partial charge in [0.25, 0.3) is 0 Å². The van der Waals surface area contributed by atoms with Crippen LogP contribution in [0.4, 0.5) is 21.5 Å². The summed E-state index contributed by atoms with van der Waals surface area (Å²) in [7, 11) is 1.81. The second kappa shape index (κ2) is 5.01. The van der Waals surface area contributed by atoms with E-state index in [0.29, 0.717) is 10.7 Å². The van der Waals surface area contributed by atoms with Gasteiger partial charge in [0.1, 0.15) is 5.82 Å². The molecular weight excluding hydrogens is 241 g/mol. The van der Waals surface area contributed by atoms with Crippen LogP contribution >= 0.6 is 11.6 Å². The Morgan fingerprint density at radius 1 is 1.18 bits per heavy atom. The van der Waals surface area contributed by atoms with E-state index in [-0.39, 0.29) is 5.82 Å². The molecular formula is C12H11ClFN3. The molecule has 1 aromatic heterocycles. The van der Waals surface area contributed by atoms with Gasteiger partial charge in [-0.3, -0.25) is 4.98 Å². The first-order valence-electron chi connectivity index (χ1n) is 5.04. The fourth-order valence-electron chi connectivity index (χ4n) is 1.39. The third-order valence-corrected chi connectivity index (χ3v) is 2.55. The van der Waals surface area contributed by atoms with Gasteiger partial charge in [0, 0.05) is 7.05 Å². The van der Waals surface area contributed by atoms with E-state index in [1.54, 1.807) is 18.5 Å². The molecule has 2 rings (SSSR count). The highest BCUT2D eigenvalue weighted by Gasteiger charge is 2.03. The van der Waals surface area contributed by atoms with E-state index < -0.39 is 0 Å². The van der Waals surface area contributed by atoms with Crippen LogP contribution in [0.5, 0.6) is 0 Å².